The summed E-state index contributed by atoms with van der Waals surface area (Å²) in [7, 11) is 0.00505. The minimum absolute atomic E-state index is 0.0370. The molecule has 4 aromatic rings. The van der Waals surface area contributed by atoms with E-state index in [1.54, 1.807) is 30.6 Å². The largest absolute Gasteiger partial charge is 0.494 e. The van der Waals surface area contributed by atoms with Gasteiger partial charge in [-0.2, -0.15) is 5.26 Å². The molecule has 0 aliphatic rings. The number of para-hydroxylation sites is 1. The topological polar surface area (TPSA) is 141 Å². The zero-order valence-electron chi connectivity index (χ0n) is 22.4. The number of benzene rings is 2. The molecule has 0 saturated carbocycles. The highest BCUT2D eigenvalue weighted by atomic mass is 32.2. The van der Waals surface area contributed by atoms with Crippen LogP contribution in [0.3, 0.4) is 0 Å². The summed E-state index contributed by atoms with van der Waals surface area (Å²) >= 11 is 0. The van der Waals surface area contributed by atoms with E-state index >= 15 is 0 Å². The summed E-state index contributed by atoms with van der Waals surface area (Å²) in [5, 5.41) is 16.7. The molecular formula is C27H27FN6O5S. The number of methoxy groups -OCH3 is 3. The van der Waals surface area contributed by atoms with Crippen molar-refractivity contribution in [1.82, 2.24) is 19.7 Å². The molecule has 40 heavy (non-hydrogen) atoms. The molecule has 2 aromatic carbocycles. The van der Waals surface area contributed by atoms with Gasteiger partial charge in [0.1, 0.15) is 34.4 Å². The molecule has 0 aliphatic carbocycles. The van der Waals surface area contributed by atoms with Crippen molar-refractivity contribution in [2.45, 2.75) is 25.2 Å². The molecule has 0 amide bonds. The average Bonchev–Trinajstić information content (AvgIpc) is 3.35. The first-order valence-electron chi connectivity index (χ1n) is 12.0. The number of anilines is 1. The number of sulfonamides is 1. The first-order chi connectivity index (χ1) is 19.1. The van der Waals surface area contributed by atoms with E-state index in [0.29, 0.717) is 22.7 Å². The summed E-state index contributed by atoms with van der Waals surface area (Å²) in [6, 6.07) is 12.3. The van der Waals surface area contributed by atoms with E-state index in [-0.39, 0.29) is 22.9 Å². The van der Waals surface area contributed by atoms with E-state index in [1.165, 1.54) is 38.9 Å². The van der Waals surface area contributed by atoms with Crippen molar-refractivity contribution in [3.63, 3.8) is 0 Å². The predicted octanol–water partition coefficient (Wildman–Crippen LogP) is 4.18. The fourth-order valence-corrected chi connectivity index (χ4v) is 5.46. The highest BCUT2D eigenvalue weighted by Crippen LogP contribution is 2.38. The van der Waals surface area contributed by atoms with Crippen molar-refractivity contribution in [1.29, 1.82) is 5.26 Å². The summed E-state index contributed by atoms with van der Waals surface area (Å²) in [6.07, 6.45) is 2.15. The van der Waals surface area contributed by atoms with Crippen LogP contribution >= 0.6 is 0 Å². The molecule has 208 valence electrons. The van der Waals surface area contributed by atoms with Crippen LogP contribution in [0.15, 0.2) is 54.9 Å². The second-order valence-corrected chi connectivity index (χ2v) is 10.8. The van der Waals surface area contributed by atoms with Gasteiger partial charge >= 0.3 is 0 Å². The lowest BCUT2D eigenvalue weighted by Crippen LogP contribution is -2.33. The first kappa shape index (κ1) is 28.5. The molecule has 2 heterocycles. The Morgan fingerprint density at radius 1 is 1.05 bits per heavy atom. The Morgan fingerprint density at radius 3 is 2.35 bits per heavy atom. The molecule has 0 unspecified atom stereocenters. The number of aryl methyl sites for hydroxylation is 1. The van der Waals surface area contributed by atoms with Crippen LogP contribution in [-0.4, -0.2) is 54.7 Å². The number of ether oxygens (including phenoxy) is 3. The summed E-state index contributed by atoms with van der Waals surface area (Å²) in [6.45, 7) is 3.28. The van der Waals surface area contributed by atoms with Gasteiger partial charge in [0.15, 0.2) is 5.82 Å². The van der Waals surface area contributed by atoms with Crippen LogP contribution in [0.5, 0.6) is 11.5 Å². The van der Waals surface area contributed by atoms with E-state index in [0.717, 1.165) is 17.7 Å². The molecule has 0 spiro atoms. The zero-order valence-corrected chi connectivity index (χ0v) is 23.2. The van der Waals surface area contributed by atoms with Gasteiger partial charge in [-0.15, -0.1) is 10.2 Å². The maximum atomic E-state index is 13.8. The molecule has 0 radical (unpaired) electrons. The Hall–Kier alpha value is -4.54. The first-order valence-corrected chi connectivity index (χ1v) is 13.5. The second kappa shape index (κ2) is 11.7. The number of pyridine rings is 1. The smallest absolute Gasteiger partial charge is 0.243 e. The standard InChI is InChI=1S/C27H27FN6O5S/c1-16-11-19(15-30-14-16)26-31-32-27(34(26)24-22(37-3)7-6-8-23(24)38-4)33-40(35,36)17(2)25(39-5)21-10-9-20(28)12-18(21)13-29/h6-12,14-15,17,25H,1-5H3,(H,32,33)/t17-,25-/m0/s1. The van der Waals surface area contributed by atoms with E-state index in [2.05, 4.69) is 19.9 Å². The second-order valence-electron chi connectivity index (χ2n) is 8.80. The van der Waals surface area contributed by atoms with Crippen LogP contribution in [0, 0.1) is 24.1 Å². The van der Waals surface area contributed by atoms with Crippen LogP contribution in [-0.2, 0) is 14.8 Å². The monoisotopic (exact) mass is 566 g/mol. The lowest BCUT2D eigenvalue weighted by atomic mass is 10.0. The Bertz CT molecular complexity index is 1660. The van der Waals surface area contributed by atoms with Gasteiger partial charge in [0.05, 0.1) is 25.9 Å². The maximum absolute atomic E-state index is 13.8. The summed E-state index contributed by atoms with van der Waals surface area (Å²) in [5.74, 6) is 0.239. The Morgan fingerprint density at radius 2 is 1.75 bits per heavy atom. The predicted molar refractivity (Wildman–Crippen MR) is 145 cm³/mol. The fraction of sp³-hybridized carbons (Fsp3) is 0.259. The van der Waals surface area contributed by atoms with Crippen molar-refractivity contribution in [3.8, 4) is 34.6 Å². The zero-order chi connectivity index (χ0) is 29.0. The van der Waals surface area contributed by atoms with E-state index < -0.39 is 27.2 Å². The van der Waals surface area contributed by atoms with Crippen molar-refractivity contribution < 1.29 is 27.0 Å². The van der Waals surface area contributed by atoms with Gasteiger partial charge in [-0.05, 0) is 49.7 Å². The molecule has 2 aromatic heterocycles. The SMILES string of the molecule is COc1cccc(OC)c1-n1c(NS(=O)(=O)[C@@H](C)[C@H](OC)c2ccc(F)cc2C#N)nnc1-c1cncc(C)c1. The summed E-state index contributed by atoms with van der Waals surface area (Å²) in [4.78, 5) is 4.23. The van der Waals surface area contributed by atoms with Crippen LogP contribution in [0.2, 0.25) is 0 Å². The van der Waals surface area contributed by atoms with Gasteiger partial charge in [-0.25, -0.2) is 12.8 Å². The molecule has 0 saturated heterocycles. The maximum Gasteiger partial charge on any atom is 0.243 e. The third-order valence-electron chi connectivity index (χ3n) is 6.27. The van der Waals surface area contributed by atoms with E-state index in [1.807, 2.05) is 19.1 Å². The molecule has 0 bridgehead atoms. The number of nitrogens with one attached hydrogen (secondary N) is 1. The van der Waals surface area contributed by atoms with Crippen LogP contribution in [0.25, 0.3) is 17.1 Å². The molecular weight excluding hydrogens is 539 g/mol. The molecule has 1 N–H and O–H groups in total. The van der Waals surface area contributed by atoms with Crippen molar-refractivity contribution >= 4 is 16.0 Å². The normalized spacial score (nSPS) is 12.8. The van der Waals surface area contributed by atoms with Crippen LogP contribution in [0.4, 0.5) is 10.3 Å². The molecule has 4 rings (SSSR count). The molecule has 0 fully saturated rings. The molecule has 2 atom stereocenters. The van der Waals surface area contributed by atoms with Gasteiger partial charge in [0, 0.05) is 30.6 Å². The quantitative estimate of drug-likeness (QED) is 0.299. The molecule has 0 aliphatic heterocycles. The Labute approximate surface area is 231 Å². The summed E-state index contributed by atoms with van der Waals surface area (Å²) < 4.78 is 61.9. The number of hydrogen-bond acceptors (Lipinski definition) is 9. The van der Waals surface area contributed by atoms with E-state index in [4.69, 9.17) is 14.2 Å². The van der Waals surface area contributed by atoms with Crippen molar-refractivity contribution in [2.75, 3.05) is 26.1 Å². The van der Waals surface area contributed by atoms with Crippen molar-refractivity contribution in [2.24, 2.45) is 0 Å². The fourth-order valence-electron chi connectivity index (χ4n) is 4.31. The third kappa shape index (κ3) is 5.45. The third-order valence-corrected chi connectivity index (χ3v) is 7.96. The van der Waals surface area contributed by atoms with Crippen LogP contribution in [0.1, 0.15) is 29.7 Å². The number of rotatable bonds is 10. The lowest BCUT2D eigenvalue weighted by Gasteiger charge is -2.24. The number of nitriles is 1. The van der Waals surface area contributed by atoms with Gasteiger partial charge in [0.25, 0.3) is 0 Å². The number of halogens is 1. The van der Waals surface area contributed by atoms with Crippen molar-refractivity contribution in [3.05, 3.63) is 77.4 Å². The molecule has 13 heteroatoms. The highest BCUT2D eigenvalue weighted by Gasteiger charge is 2.35. The Kier molecular flexibility index (Phi) is 8.32. The van der Waals surface area contributed by atoms with Gasteiger partial charge < -0.3 is 14.2 Å². The number of nitrogens with zero attached hydrogens (tertiary/aromatic N) is 5. The average molecular weight is 567 g/mol. The number of hydrogen-bond donors (Lipinski definition) is 1. The van der Waals surface area contributed by atoms with E-state index in [9.17, 15) is 18.1 Å². The number of aromatic nitrogens is 4. The minimum atomic E-state index is -4.25. The van der Waals surface area contributed by atoms with Gasteiger partial charge in [-0.3, -0.25) is 14.3 Å². The summed E-state index contributed by atoms with van der Waals surface area (Å²) in [5.41, 5.74) is 1.96. The van der Waals surface area contributed by atoms with Gasteiger partial charge in [0.2, 0.25) is 16.0 Å². The van der Waals surface area contributed by atoms with Crippen LogP contribution < -0.4 is 14.2 Å². The Balaban J connectivity index is 1.86. The van der Waals surface area contributed by atoms with Gasteiger partial charge in [-0.1, -0.05) is 12.1 Å². The highest BCUT2D eigenvalue weighted by molar-refractivity contribution is 7.93. The minimum Gasteiger partial charge on any atom is -0.494 e. The molecule has 11 nitrogen and oxygen atoms in total. The lowest BCUT2D eigenvalue weighted by molar-refractivity contribution is 0.102.